The number of rotatable bonds is 3. The quantitative estimate of drug-likeness (QED) is 0.882. The molecule has 0 radical (unpaired) electrons. The van der Waals surface area contributed by atoms with Gasteiger partial charge in [0.2, 0.25) is 0 Å². The highest BCUT2D eigenvalue weighted by molar-refractivity contribution is 7.16. The summed E-state index contributed by atoms with van der Waals surface area (Å²) in [5, 5.41) is 7.64. The van der Waals surface area contributed by atoms with E-state index < -0.39 is 0 Å². The lowest BCUT2D eigenvalue weighted by atomic mass is 9.88. The number of ether oxygens (including phenoxy) is 1. The van der Waals surface area contributed by atoms with Crippen LogP contribution in [0.2, 0.25) is 0 Å². The number of carbonyl (C=O) groups is 1. The molecule has 4 nitrogen and oxygen atoms in total. The first-order valence-electron chi connectivity index (χ1n) is 8.60. The first-order valence-corrected chi connectivity index (χ1v) is 9.42. The van der Waals surface area contributed by atoms with E-state index >= 15 is 0 Å². The zero-order valence-electron chi connectivity index (χ0n) is 14.0. The number of hydrogen-bond acceptors (Lipinski definition) is 4. The number of thiophene rings is 1. The van der Waals surface area contributed by atoms with E-state index in [1.807, 2.05) is 31.2 Å². The van der Waals surface area contributed by atoms with Crippen LogP contribution < -0.4 is 15.4 Å². The molecule has 1 aliphatic heterocycles. The highest BCUT2D eigenvalue weighted by atomic mass is 32.1. The molecule has 0 unspecified atom stereocenters. The van der Waals surface area contributed by atoms with Crippen molar-refractivity contribution in [1.82, 2.24) is 5.32 Å². The summed E-state index contributed by atoms with van der Waals surface area (Å²) < 4.78 is 5.48. The summed E-state index contributed by atoms with van der Waals surface area (Å²) in [5.74, 6) is 1.61. The maximum atomic E-state index is 12.7. The predicted molar refractivity (Wildman–Crippen MR) is 96.9 cm³/mol. The first-order chi connectivity index (χ1) is 11.7. The molecule has 2 N–H and O–H groups in total. The Bertz CT molecular complexity index is 766. The Kier molecular flexibility index (Phi) is 3.96. The Morgan fingerprint density at radius 2 is 2.04 bits per heavy atom. The first kappa shape index (κ1) is 15.5. The van der Waals surface area contributed by atoms with Gasteiger partial charge in [0, 0.05) is 4.88 Å². The molecule has 2 heterocycles. The highest BCUT2D eigenvalue weighted by Gasteiger charge is 2.32. The van der Waals surface area contributed by atoms with Gasteiger partial charge >= 0.3 is 0 Å². The van der Waals surface area contributed by atoms with Crippen molar-refractivity contribution in [2.24, 2.45) is 5.92 Å². The molecule has 4 rings (SSSR count). The molecule has 0 spiro atoms. The Hall–Kier alpha value is -2.01. The molecule has 1 amide bonds. The molecule has 2 atom stereocenters. The minimum atomic E-state index is -0.182. The van der Waals surface area contributed by atoms with Crippen LogP contribution in [0.3, 0.4) is 0 Å². The van der Waals surface area contributed by atoms with Crippen LogP contribution in [0.1, 0.15) is 52.8 Å². The minimum absolute atomic E-state index is 0.0506. The standard InChI is InChI=1S/C19H22N2O2S/c1-3-23-13-7-5-12(6-8-13)17-20-18(22)16-14-9-4-11(2)10-15(14)24-19(16)21-17/h5-8,11,17,21H,3-4,9-10H2,1-2H3,(H,20,22)/t11-,17-/m1/s1. The van der Waals surface area contributed by atoms with Crippen molar-refractivity contribution >= 4 is 22.2 Å². The van der Waals surface area contributed by atoms with Gasteiger partial charge in [0.05, 0.1) is 12.2 Å². The van der Waals surface area contributed by atoms with Crippen molar-refractivity contribution in [2.75, 3.05) is 11.9 Å². The summed E-state index contributed by atoms with van der Waals surface area (Å²) >= 11 is 1.76. The fourth-order valence-electron chi connectivity index (χ4n) is 3.55. The molecule has 0 saturated heterocycles. The van der Waals surface area contributed by atoms with Crippen molar-refractivity contribution in [3.05, 3.63) is 45.8 Å². The fourth-order valence-corrected chi connectivity index (χ4v) is 4.99. The van der Waals surface area contributed by atoms with Crippen molar-refractivity contribution in [3.8, 4) is 5.75 Å². The van der Waals surface area contributed by atoms with Crippen molar-refractivity contribution in [2.45, 2.75) is 39.3 Å². The van der Waals surface area contributed by atoms with E-state index in [-0.39, 0.29) is 12.1 Å². The van der Waals surface area contributed by atoms with Gasteiger partial charge in [0.1, 0.15) is 16.9 Å². The second-order valence-corrected chi connectivity index (χ2v) is 7.71. The Morgan fingerprint density at radius 3 is 2.79 bits per heavy atom. The van der Waals surface area contributed by atoms with Crippen LogP contribution in [0.4, 0.5) is 5.00 Å². The molecule has 0 bridgehead atoms. The molecule has 0 saturated carbocycles. The van der Waals surface area contributed by atoms with E-state index in [0.717, 1.165) is 34.7 Å². The molecule has 24 heavy (non-hydrogen) atoms. The van der Waals surface area contributed by atoms with E-state index in [2.05, 4.69) is 17.6 Å². The molecule has 126 valence electrons. The lowest BCUT2D eigenvalue weighted by Crippen LogP contribution is -2.38. The van der Waals surface area contributed by atoms with Crippen LogP contribution in [0.15, 0.2) is 24.3 Å². The van der Waals surface area contributed by atoms with Crippen LogP contribution in [-0.2, 0) is 12.8 Å². The molecule has 0 fully saturated rings. The van der Waals surface area contributed by atoms with Crippen LogP contribution in [0.5, 0.6) is 5.75 Å². The van der Waals surface area contributed by atoms with Crippen molar-refractivity contribution in [3.63, 3.8) is 0 Å². The van der Waals surface area contributed by atoms with Gasteiger partial charge in [-0.1, -0.05) is 19.1 Å². The van der Waals surface area contributed by atoms with Gasteiger partial charge < -0.3 is 15.4 Å². The van der Waals surface area contributed by atoms with E-state index in [1.54, 1.807) is 11.3 Å². The van der Waals surface area contributed by atoms with Gasteiger partial charge in [0.15, 0.2) is 0 Å². The highest BCUT2D eigenvalue weighted by Crippen LogP contribution is 2.42. The second kappa shape index (κ2) is 6.13. The summed E-state index contributed by atoms with van der Waals surface area (Å²) in [7, 11) is 0. The van der Waals surface area contributed by atoms with E-state index in [9.17, 15) is 4.79 Å². The summed E-state index contributed by atoms with van der Waals surface area (Å²) in [6, 6.07) is 7.90. The van der Waals surface area contributed by atoms with Gasteiger partial charge in [-0.05, 0) is 55.4 Å². The smallest absolute Gasteiger partial charge is 0.256 e. The number of hydrogen-bond donors (Lipinski definition) is 2. The second-order valence-electron chi connectivity index (χ2n) is 6.61. The number of anilines is 1. The molecule has 1 aromatic carbocycles. The molecule has 2 aromatic rings. The summed E-state index contributed by atoms with van der Waals surface area (Å²) in [5.41, 5.74) is 3.18. The number of amides is 1. The normalized spacial score (nSPS) is 22.2. The van der Waals surface area contributed by atoms with Gasteiger partial charge in [0.25, 0.3) is 5.91 Å². The average Bonchev–Trinajstić information content (AvgIpc) is 2.93. The van der Waals surface area contributed by atoms with Crippen LogP contribution >= 0.6 is 11.3 Å². The molecule has 5 heteroatoms. The zero-order chi connectivity index (χ0) is 16.7. The van der Waals surface area contributed by atoms with Crippen molar-refractivity contribution in [1.29, 1.82) is 0 Å². The third kappa shape index (κ3) is 2.67. The zero-order valence-corrected chi connectivity index (χ0v) is 14.8. The van der Waals surface area contributed by atoms with Gasteiger partial charge in [-0.15, -0.1) is 11.3 Å². The number of benzene rings is 1. The third-order valence-electron chi connectivity index (χ3n) is 4.81. The Balaban J connectivity index is 1.61. The van der Waals surface area contributed by atoms with E-state index in [0.29, 0.717) is 12.5 Å². The maximum absolute atomic E-state index is 12.7. The van der Waals surface area contributed by atoms with Gasteiger partial charge in [-0.25, -0.2) is 0 Å². The van der Waals surface area contributed by atoms with Gasteiger partial charge in [-0.2, -0.15) is 0 Å². The van der Waals surface area contributed by atoms with E-state index in [4.69, 9.17) is 4.74 Å². The summed E-state index contributed by atoms with van der Waals surface area (Å²) in [6.45, 7) is 4.91. The molecule has 1 aliphatic carbocycles. The van der Waals surface area contributed by atoms with Crippen LogP contribution in [0, 0.1) is 5.92 Å². The van der Waals surface area contributed by atoms with Gasteiger partial charge in [-0.3, -0.25) is 4.79 Å². The predicted octanol–water partition coefficient (Wildman–Crippen LogP) is 4.13. The van der Waals surface area contributed by atoms with Crippen molar-refractivity contribution < 1.29 is 9.53 Å². The summed E-state index contributed by atoms with van der Waals surface area (Å²) in [6.07, 6.45) is 3.10. The Morgan fingerprint density at radius 1 is 1.25 bits per heavy atom. The molecule has 2 aliphatic rings. The Labute approximate surface area is 146 Å². The number of carbonyl (C=O) groups excluding carboxylic acids is 1. The van der Waals surface area contributed by atoms with Crippen LogP contribution in [0.25, 0.3) is 0 Å². The maximum Gasteiger partial charge on any atom is 0.256 e. The van der Waals surface area contributed by atoms with E-state index in [1.165, 1.54) is 16.9 Å². The largest absolute Gasteiger partial charge is 0.494 e. The number of nitrogens with one attached hydrogen (secondary N) is 2. The minimum Gasteiger partial charge on any atom is -0.494 e. The average molecular weight is 342 g/mol. The topological polar surface area (TPSA) is 50.4 Å². The molecular formula is C19H22N2O2S. The lowest BCUT2D eigenvalue weighted by molar-refractivity contribution is 0.0935. The summed E-state index contributed by atoms with van der Waals surface area (Å²) in [4.78, 5) is 14.1. The van der Waals surface area contributed by atoms with Crippen LogP contribution in [-0.4, -0.2) is 12.5 Å². The SMILES string of the molecule is CCOc1ccc([C@@H]2NC(=O)c3c(sc4c3CC[C@@H](C)C4)N2)cc1. The fraction of sp³-hybridized carbons (Fsp3) is 0.421. The third-order valence-corrected chi connectivity index (χ3v) is 6.00. The molecular weight excluding hydrogens is 320 g/mol. The lowest BCUT2D eigenvalue weighted by Gasteiger charge is -2.27. The molecule has 1 aromatic heterocycles. The monoisotopic (exact) mass is 342 g/mol. The number of fused-ring (bicyclic) bond motifs is 3.